The second-order valence-corrected chi connectivity index (χ2v) is 8.72. The van der Waals surface area contributed by atoms with Crippen molar-refractivity contribution in [2.45, 2.75) is 31.8 Å². The second kappa shape index (κ2) is 9.83. The lowest BCUT2D eigenvalue weighted by molar-refractivity contribution is -0.137. The van der Waals surface area contributed by atoms with E-state index in [1.807, 2.05) is 24.3 Å². The van der Waals surface area contributed by atoms with Crippen molar-refractivity contribution in [3.05, 3.63) is 75.7 Å². The first-order valence-corrected chi connectivity index (χ1v) is 11.4. The number of nitrogens with one attached hydrogen (secondary N) is 2. The molecular formula is C24H23N3O5S. The molecule has 2 aromatic carbocycles. The van der Waals surface area contributed by atoms with Crippen LogP contribution in [-0.4, -0.2) is 40.7 Å². The van der Waals surface area contributed by atoms with Crippen molar-refractivity contribution >= 4 is 29.3 Å². The highest BCUT2D eigenvalue weighted by atomic mass is 32.1. The Hall–Kier alpha value is -3.72. The summed E-state index contributed by atoms with van der Waals surface area (Å²) < 4.78 is 5.50. The van der Waals surface area contributed by atoms with Crippen molar-refractivity contribution in [1.82, 2.24) is 15.6 Å². The van der Waals surface area contributed by atoms with E-state index in [2.05, 4.69) is 39.9 Å². The van der Waals surface area contributed by atoms with Gasteiger partial charge in [-0.25, -0.2) is 9.78 Å². The maximum Gasteiger partial charge on any atom is 0.407 e. The summed E-state index contributed by atoms with van der Waals surface area (Å²) in [6.07, 6.45) is -0.736. The lowest BCUT2D eigenvalue weighted by Crippen LogP contribution is -2.34. The van der Waals surface area contributed by atoms with E-state index in [-0.39, 0.29) is 31.2 Å². The van der Waals surface area contributed by atoms with Crippen LogP contribution in [0.1, 0.15) is 45.9 Å². The van der Waals surface area contributed by atoms with Crippen LogP contribution in [0.15, 0.2) is 53.9 Å². The molecule has 0 saturated heterocycles. The molecule has 4 rings (SSSR count). The number of alkyl carbamates (subject to hydrolysis) is 1. The number of thiazole rings is 1. The standard InChI is InChI=1S/C24H23N3O5S/c1-14(10-22(28)29)26-23(30)20-13-33-21(27-20)11-25-24(31)32-12-19-17-8-4-2-6-15(17)16-7-3-5-9-18(16)19/h2-9,13-14,19H,10-12H2,1H3,(H,25,31)(H,26,30)(H,28,29). The predicted molar refractivity (Wildman–Crippen MR) is 123 cm³/mol. The van der Waals surface area contributed by atoms with Crippen LogP contribution < -0.4 is 10.6 Å². The number of aromatic nitrogens is 1. The van der Waals surface area contributed by atoms with Crippen molar-refractivity contribution in [2.75, 3.05) is 6.61 Å². The summed E-state index contributed by atoms with van der Waals surface area (Å²) in [5, 5.41) is 16.1. The van der Waals surface area contributed by atoms with Crippen LogP contribution in [-0.2, 0) is 16.1 Å². The zero-order valence-corrected chi connectivity index (χ0v) is 18.7. The van der Waals surface area contributed by atoms with Gasteiger partial charge in [0.15, 0.2) is 0 Å². The van der Waals surface area contributed by atoms with E-state index in [9.17, 15) is 14.4 Å². The molecule has 170 valence electrons. The molecule has 0 radical (unpaired) electrons. The molecule has 3 N–H and O–H groups in total. The topological polar surface area (TPSA) is 118 Å². The maximum absolute atomic E-state index is 12.3. The van der Waals surface area contributed by atoms with Crippen molar-refractivity contribution in [2.24, 2.45) is 0 Å². The molecule has 0 fully saturated rings. The number of carboxylic acid groups (broad SMARTS) is 1. The minimum Gasteiger partial charge on any atom is -0.481 e. The summed E-state index contributed by atoms with van der Waals surface area (Å²) in [5.74, 6) is -1.47. The van der Waals surface area contributed by atoms with E-state index in [1.165, 1.54) is 11.3 Å². The maximum atomic E-state index is 12.3. The first-order chi connectivity index (χ1) is 15.9. The summed E-state index contributed by atoms with van der Waals surface area (Å²) in [7, 11) is 0. The molecule has 2 amide bonds. The lowest BCUT2D eigenvalue weighted by atomic mass is 9.98. The molecule has 1 unspecified atom stereocenters. The number of carboxylic acids is 1. The predicted octanol–water partition coefficient (Wildman–Crippen LogP) is 3.77. The highest BCUT2D eigenvalue weighted by Crippen LogP contribution is 2.44. The van der Waals surface area contributed by atoms with Gasteiger partial charge in [-0.15, -0.1) is 11.3 Å². The Labute approximate surface area is 194 Å². The Morgan fingerprint density at radius 1 is 1.09 bits per heavy atom. The zero-order chi connectivity index (χ0) is 23.4. The fraction of sp³-hybridized carbons (Fsp3) is 0.250. The molecule has 1 aliphatic rings. The number of hydrogen-bond donors (Lipinski definition) is 3. The zero-order valence-electron chi connectivity index (χ0n) is 17.9. The Balaban J connectivity index is 1.30. The van der Waals surface area contributed by atoms with Crippen LogP contribution in [0.2, 0.25) is 0 Å². The quantitative estimate of drug-likeness (QED) is 0.466. The Kier molecular flexibility index (Phi) is 6.69. The third-order valence-electron chi connectivity index (χ3n) is 5.37. The largest absolute Gasteiger partial charge is 0.481 e. The summed E-state index contributed by atoms with van der Waals surface area (Å²) in [5.41, 5.74) is 4.78. The monoisotopic (exact) mass is 465 g/mol. The van der Waals surface area contributed by atoms with Gasteiger partial charge in [0.2, 0.25) is 0 Å². The molecule has 33 heavy (non-hydrogen) atoms. The van der Waals surface area contributed by atoms with Gasteiger partial charge in [-0.2, -0.15) is 0 Å². The van der Waals surface area contributed by atoms with Gasteiger partial charge in [0.05, 0.1) is 13.0 Å². The fourth-order valence-corrected chi connectivity index (χ4v) is 4.62. The molecule has 1 heterocycles. The Morgan fingerprint density at radius 2 is 1.73 bits per heavy atom. The van der Waals surface area contributed by atoms with Crippen LogP contribution in [0.3, 0.4) is 0 Å². The van der Waals surface area contributed by atoms with E-state index in [0.717, 1.165) is 22.3 Å². The van der Waals surface area contributed by atoms with Crippen LogP contribution in [0.25, 0.3) is 11.1 Å². The molecule has 8 nitrogen and oxygen atoms in total. The number of benzene rings is 2. The van der Waals surface area contributed by atoms with Gasteiger partial charge in [-0.1, -0.05) is 48.5 Å². The number of ether oxygens (including phenoxy) is 1. The third-order valence-corrected chi connectivity index (χ3v) is 6.22. The van der Waals surface area contributed by atoms with Gasteiger partial charge in [0.1, 0.15) is 17.3 Å². The first kappa shape index (κ1) is 22.5. The van der Waals surface area contributed by atoms with Gasteiger partial charge in [-0.05, 0) is 29.2 Å². The van der Waals surface area contributed by atoms with Crippen molar-refractivity contribution < 1.29 is 24.2 Å². The minimum absolute atomic E-state index is 0.0221. The van der Waals surface area contributed by atoms with Crippen LogP contribution in [0, 0.1) is 0 Å². The van der Waals surface area contributed by atoms with Gasteiger partial charge in [0.25, 0.3) is 5.91 Å². The first-order valence-electron chi connectivity index (χ1n) is 10.5. The van der Waals surface area contributed by atoms with Crippen molar-refractivity contribution in [1.29, 1.82) is 0 Å². The van der Waals surface area contributed by atoms with Crippen molar-refractivity contribution in [3.63, 3.8) is 0 Å². The minimum atomic E-state index is -0.992. The summed E-state index contributed by atoms with van der Waals surface area (Å²) >= 11 is 1.23. The molecule has 0 bridgehead atoms. The Morgan fingerprint density at radius 3 is 2.36 bits per heavy atom. The Bertz CT molecular complexity index is 1150. The number of hydrogen-bond acceptors (Lipinski definition) is 6. The normalized spacial score (nSPS) is 13.0. The summed E-state index contributed by atoms with van der Waals surface area (Å²) in [6, 6.07) is 15.7. The van der Waals surface area contributed by atoms with Crippen molar-refractivity contribution in [3.8, 4) is 11.1 Å². The average molecular weight is 466 g/mol. The summed E-state index contributed by atoms with van der Waals surface area (Å²) in [6.45, 7) is 1.95. The number of nitrogens with zero attached hydrogens (tertiary/aromatic N) is 1. The number of aliphatic carboxylic acids is 1. The molecule has 3 aromatic rings. The second-order valence-electron chi connectivity index (χ2n) is 7.78. The SMILES string of the molecule is CC(CC(=O)O)NC(=O)c1csc(CNC(=O)OCC2c3ccccc3-c3ccccc32)n1. The van der Waals surface area contributed by atoms with Crippen LogP contribution in [0.5, 0.6) is 0 Å². The van der Waals surface area contributed by atoms with Crippen LogP contribution >= 0.6 is 11.3 Å². The lowest BCUT2D eigenvalue weighted by Gasteiger charge is -2.14. The van der Waals surface area contributed by atoms with E-state index in [0.29, 0.717) is 5.01 Å². The highest BCUT2D eigenvalue weighted by molar-refractivity contribution is 7.09. The highest BCUT2D eigenvalue weighted by Gasteiger charge is 2.29. The number of carbonyl (C=O) groups excluding carboxylic acids is 2. The number of carbonyl (C=O) groups is 3. The number of fused-ring (bicyclic) bond motifs is 3. The van der Waals surface area contributed by atoms with Gasteiger partial charge < -0.3 is 20.5 Å². The van der Waals surface area contributed by atoms with E-state index in [1.54, 1.807) is 12.3 Å². The molecular weight excluding hydrogens is 442 g/mol. The number of rotatable bonds is 8. The molecule has 9 heteroatoms. The molecule has 0 saturated carbocycles. The average Bonchev–Trinajstić information content (AvgIpc) is 3.39. The third kappa shape index (κ3) is 5.20. The molecule has 1 atom stereocenters. The molecule has 1 aromatic heterocycles. The fourth-order valence-electron chi connectivity index (χ4n) is 3.90. The number of amides is 2. The van der Waals surface area contributed by atoms with E-state index in [4.69, 9.17) is 9.84 Å². The van der Waals surface area contributed by atoms with E-state index < -0.39 is 24.0 Å². The van der Waals surface area contributed by atoms with Gasteiger partial charge >= 0.3 is 12.1 Å². The van der Waals surface area contributed by atoms with Gasteiger partial charge in [0, 0.05) is 17.3 Å². The molecule has 0 aliphatic heterocycles. The molecule has 1 aliphatic carbocycles. The van der Waals surface area contributed by atoms with Crippen LogP contribution in [0.4, 0.5) is 4.79 Å². The summed E-state index contributed by atoms with van der Waals surface area (Å²) in [4.78, 5) is 39.4. The molecule has 0 spiro atoms. The smallest absolute Gasteiger partial charge is 0.407 e. The van der Waals surface area contributed by atoms with Gasteiger partial charge in [-0.3, -0.25) is 9.59 Å². The van der Waals surface area contributed by atoms with E-state index >= 15 is 0 Å².